The number of fused-ring (bicyclic) bond motifs is 10. The fourth-order valence-corrected chi connectivity index (χ4v) is 8.43. The molecule has 1 aliphatic carbocycles. The zero-order valence-electron chi connectivity index (χ0n) is 28.6. The van der Waals surface area contributed by atoms with E-state index in [0.717, 1.165) is 72.7 Å². The van der Waals surface area contributed by atoms with Crippen LogP contribution in [0, 0.1) is 0 Å². The van der Waals surface area contributed by atoms with Crippen LogP contribution in [0.4, 0.5) is 17.1 Å². The summed E-state index contributed by atoms with van der Waals surface area (Å²) >= 11 is 0. The van der Waals surface area contributed by atoms with Crippen molar-refractivity contribution in [1.29, 1.82) is 0 Å². The normalized spacial score (nSPS) is 13.2. The van der Waals surface area contributed by atoms with E-state index in [2.05, 4.69) is 195 Å². The molecular weight excluding hydrogens is 619 g/mol. The van der Waals surface area contributed by atoms with Crippen LogP contribution in [0.15, 0.2) is 176 Å². The lowest BCUT2D eigenvalue weighted by Crippen LogP contribution is -2.17. The van der Waals surface area contributed by atoms with Crippen LogP contribution < -0.4 is 9.64 Å². The Hall–Kier alpha value is -6.38. The Bertz CT molecular complexity index is 2640. The van der Waals surface area contributed by atoms with Gasteiger partial charge in [-0.25, -0.2) is 0 Å². The van der Waals surface area contributed by atoms with Gasteiger partial charge in [-0.05, 0) is 75.2 Å². The molecule has 0 N–H and O–H groups in total. The third-order valence-corrected chi connectivity index (χ3v) is 10.9. The number of nitrogens with zero attached hydrogens (tertiary/aromatic N) is 1. The fraction of sp³-hybridized carbons (Fsp3) is 0.0612. The Labute approximate surface area is 298 Å². The highest BCUT2D eigenvalue weighted by Crippen LogP contribution is 2.57. The summed E-state index contributed by atoms with van der Waals surface area (Å²) in [6.45, 7) is 4.70. The van der Waals surface area contributed by atoms with Gasteiger partial charge in [0.15, 0.2) is 0 Å². The molecule has 0 aromatic heterocycles. The van der Waals surface area contributed by atoms with Crippen LogP contribution >= 0.6 is 0 Å². The molecule has 8 aromatic rings. The van der Waals surface area contributed by atoms with E-state index in [1.165, 1.54) is 22.3 Å². The molecule has 0 fully saturated rings. The molecule has 0 radical (unpaired) electrons. The van der Waals surface area contributed by atoms with Gasteiger partial charge in [-0.15, -0.1) is 0 Å². The predicted molar refractivity (Wildman–Crippen MR) is 213 cm³/mol. The zero-order chi connectivity index (χ0) is 34.1. The van der Waals surface area contributed by atoms with Gasteiger partial charge in [-0.3, -0.25) is 0 Å². The van der Waals surface area contributed by atoms with Gasteiger partial charge in [0.05, 0.1) is 5.69 Å². The van der Waals surface area contributed by atoms with Gasteiger partial charge in [0, 0.05) is 44.4 Å². The molecule has 0 spiro atoms. The highest BCUT2D eigenvalue weighted by Gasteiger charge is 2.36. The van der Waals surface area contributed by atoms with Crippen LogP contribution in [-0.2, 0) is 5.41 Å². The topological polar surface area (TPSA) is 12.5 Å². The summed E-state index contributed by atoms with van der Waals surface area (Å²) in [4.78, 5) is 2.43. The molecule has 0 bridgehead atoms. The summed E-state index contributed by atoms with van der Waals surface area (Å²) in [5.41, 5.74) is 15.2. The highest BCUT2D eigenvalue weighted by atomic mass is 16.5. The lowest BCUT2D eigenvalue weighted by atomic mass is 9.82. The first-order valence-electron chi connectivity index (χ1n) is 17.7. The van der Waals surface area contributed by atoms with E-state index in [0.29, 0.717) is 0 Å². The maximum absolute atomic E-state index is 7.24. The second-order valence-corrected chi connectivity index (χ2v) is 14.1. The van der Waals surface area contributed by atoms with Crippen molar-refractivity contribution in [3.05, 3.63) is 187 Å². The van der Waals surface area contributed by atoms with E-state index in [1.54, 1.807) is 0 Å². The average molecular weight is 654 g/mol. The molecule has 10 rings (SSSR count). The summed E-state index contributed by atoms with van der Waals surface area (Å²) in [6, 6.07) is 63.5. The number of hydrogen-bond acceptors (Lipinski definition) is 2. The molecule has 0 atom stereocenters. The minimum Gasteiger partial charge on any atom is -0.455 e. The van der Waals surface area contributed by atoms with Crippen LogP contribution in [0.5, 0.6) is 11.5 Å². The molecule has 0 unspecified atom stereocenters. The smallest absolute Gasteiger partial charge is 0.143 e. The Morgan fingerprint density at radius 1 is 0.431 bits per heavy atom. The molecule has 2 nitrogen and oxygen atoms in total. The Morgan fingerprint density at radius 3 is 1.94 bits per heavy atom. The van der Waals surface area contributed by atoms with Gasteiger partial charge < -0.3 is 9.64 Å². The third kappa shape index (κ3) is 4.50. The van der Waals surface area contributed by atoms with E-state index in [9.17, 15) is 0 Å². The number of rotatable bonds is 4. The molecule has 0 amide bonds. The lowest BCUT2D eigenvalue weighted by Gasteiger charge is -2.30. The van der Waals surface area contributed by atoms with Crippen molar-refractivity contribution >= 4 is 27.8 Å². The molecule has 2 aliphatic rings. The third-order valence-electron chi connectivity index (χ3n) is 10.9. The molecule has 2 heteroatoms. The first-order chi connectivity index (χ1) is 25.1. The molecule has 8 aromatic carbocycles. The highest BCUT2D eigenvalue weighted by molar-refractivity contribution is 6.06. The second-order valence-electron chi connectivity index (χ2n) is 14.1. The summed E-state index contributed by atoms with van der Waals surface area (Å²) in [5.74, 6) is 1.75. The maximum Gasteiger partial charge on any atom is 0.143 e. The van der Waals surface area contributed by atoms with Crippen molar-refractivity contribution < 1.29 is 4.74 Å². The monoisotopic (exact) mass is 653 g/mol. The lowest BCUT2D eigenvalue weighted by molar-refractivity contribution is 0.495. The van der Waals surface area contributed by atoms with Crippen molar-refractivity contribution in [3.8, 4) is 56.0 Å². The number of benzene rings is 8. The quantitative estimate of drug-likeness (QED) is 0.187. The van der Waals surface area contributed by atoms with Crippen LogP contribution in [0.25, 0.3) is 55.3 Å². The molecule has 0 saturated carbocycles. The second kappa shape index (κ2) is 11.3. The number of ether oxygens (including phenoxy) is 1. The van der Waals surface area contributed by atoms with Crippen molar-refractivity contribution in [1.82, 2.24) is 0 Å². The predicted octanol–water partition coefficient (Wildman–Crippen LogP) is 13.7. The standard InChI is InChI=1S/C49H35NO/c1-49(2)43-25-12-11-21-38(43)39-30-28-35(31-44(39)49)50(34-18-7-4-8-19-34)45-26-14-23-40-41-29-27-33-17-9-10-20-36(33)47(41)51-48-37(32-15-5-3-6-16-32)22-13-24-42(48)46(40)45/h3-31H,1-2H3. The summed E-state index contributed by atoms with van der Waals surface area (Å²) < 4.78 is 7.24. The van der Waals surface area contributed by atoms with E-state index in [1.807, 2.05) is 0 Å². The molecule has 242 valence electrons. The van der Waals surface area contributed by atoms with Gasteiger partial charge >= 0.3 is 0 Å². The summed E-state index contributed by atoms with van der Waals surface area (Å²) in [5, 5.41) is 2.25. The Balaban J connectivity index is 1.28. The van der Waals surface area contributed by atoms with E-state index >= 15 is 0 Å². The number of hydrogen-bond donors (Lipinski definition) is 0. The average Bonchev–Trinajstić information content (AvgIpc) is 3.30. The number of para-hydroxylation sites is 2. The van der Waals surface area contributed by atoms with Gasteiger partial charge in [-0.2, -0.15) is 0 Å². The van der Waals surface area contributed by atoms with E-state index in [-0.39, 0.29) is 5.41 Å². The van der Waals surface area contributed by atoms with E-state index < -0.39 is 0 Å². The Kier molecular flexibility index (Phi) is 6.56. The van der Waals surface area contributed by atoms with Crippen molar-refractivity contribution in [2.45, 2.75) is 19.3 Å². The van der Waals surface area contributed by atoms with Gasteiger partial charge in [0.25, 0.3) is 0 Å². The maximum atomic E-state index is 7.24. The first kappa shape index (κ1) is 29.5. The molecule has 0 saturated heterocycles. The fourth-order valence-electron chi connectivity index (χ4n) is 8.43. The minimum atomic E-state index is -0.122. The molecular formula is C49H35NO. The van der Waals surface area contributed by atoms with Crippen LogP contribution in [0.3, 0.4) is 0 Å². The van der Waals surface area contributed by atoms with Crippen molar-refractivity contribution in [2.24, 2.45) is 0 Å². The van der Waals surface area contributed by atoms with E-state index in [4.69, 9.17) is 4.74 Å². The molecule has 1 heterocycles. The zero-order valence-corrected chi connectivity index (χ0v) is 28.6. The summed E-state index contributed by atoms with van der Waals surface area (Å²) in [6.07, 6.45) is 0. The first-order valence-corrected chi connectivity index (χ1v) is 17.7. The van der Waals surface area contributed by atoms with Crippen molar-refractivity contribution in [3.63, 3.8) is 0 Å². The molecule has 51 heavy (non-hydrogen) atoms. The van der Waals surface area contributed by atoms with Crippen LogP contribution in [-0.4, -0.2) is 0 Å². The largest absolute Gasteiger partial charge is 0.455 e. The van der Waals surface area contributed by atoms with Crippen molar-refractivity contribution in [2.75, 3.05) is 4.90 Å². The van der Waals surface area contributed by atoms with Crippen LogP contribution in [0.2, 0.25) is 0 Å². The van der Waals surface area contributed by atoms with Gasteiger partial charge in [0.1, 0.15) is 11.5 Å². The van der Waals surface area contributed by atoms with Gasteiger partial charge in [-0.1, -0.05) is 153 Å². The number of anilines is 3. The Morgan fingerprint density at radius 2 is 1.08 bits per heavy atom. The minimum absolute atomic E-state index is 0.122. The van der Waals surface area contributed by atoms with Gasteiger partial charge in [0.2, 0.25) is 0 Å². The summed E-state index contributed by atoms with van der Waals surface area (Å²) in [7, 11) is 0. The molecule has 1 aliphatic heterocycles. The van der Waals surface area contributed by atoms with Crippen LogP contribution in [0.1, 0.15) is 25.0 Å². The SMILES string of the molecule is CC1(C)c2ccccc2-c2ccc(N(c3ccccc3)c3cccc4c3-c3cccc(-c5ccccc5)c3Oc3c-4ccc4ccccc34)cc21.